The van der Waals surface area contributed by atoms with Crippen molar-refractivity contribution in [3.63, 3.8) is 0 Å². The van der Waals surface area contributed by atoms with Crippen LogP contribution in [-0.2, 0) is 10.2 Å². The zero-order chi connectivity index (χ0) is 13.7. The second kappa shape index (κ2) is 4.19. The van der Waals surface area contributed by atoms with Gasteiger partial charge in [0.15, 0.2) is 5.78 Å². The van der Waals surface area contributed by atoms with Crippen LogP contribution in [0.5, 0.6) is 0 Å². The summed E-state index contributed by atoms with van der Waals surface area (Å²) in [7, 11) is 0. The van der Waals surface area contributed by atoms with Crippen molar-refractivity contribution in [2.75, 3.05) is 5.32 Å². The molecule has 0 radical (unpaired) electrons. The summed E-state index contributed by atoms with van der Waals surface area (Å²) < 4.78 is 0. The molecule has 1 unspecified atom stereocenters. The van der Waals surface area contributed by atoms with Crippen molar-refractivity contribution in [1.29, 1.82) is 0 Å². The second-order valence-corrected chi connectivity index (χ2v) is 6.65. The molecule has 1 aromatic carbocycles. The van der Waals surface area contributed by atoms with E-state index in [4.69, 9.17) is 0 Å². The van der Waals surface area contributed by atoms with Gasteiger partial charge in [0.25, 0.3) is 0 Å². The van der Waals surface area contributed by atoms with Crippen LogP contribution in [0.2, 0.25) is 0 Å². The third-order valence-corrected chi connectivity index (χ3v) is 3.90. The highest BCUT2D eigenvalue weighted by Gasteiger charge is 2.39. The van der Waals surface area contributed by atoms with Gasteiger partial charge in [0.05, 0.1) is 10.2 Å². The molecule has 1 aliphatic rings. The first-order valence-electron chi connectivity index (χ1n) is 5.90. The summed E-state index contributed by atoms with van der Waals surface area (Å²) in [5.41, 5.74) is 2.72. The van der Waals surface area contributed by atoms with E-state index in [1.807, 2.05) is 39.8 Å². The number of Topliss-reactive ketones (excluding diaryl/α,β-unsaturated/α-hetero) is 1. The van der Waals surface area contributed by atoms with E-state index in [2.05, 4.69) is 21.2 Å². The number of amides is 1. The van der Waals surface area contributed by atoms with E-state index in [1.54, 1.807) is 0 Å². The Kier molecular flexibility index (Phi) is 3.09. The van der Waals surface area contributed by atoms with Crippen LogP contribution in [0.1, 0.15) is 42.3 Å². The predicted molar refractivity (Wildman–Crippen MR) is 75.6 cm³/mol. The Hall–Kier alpha value is -1.16. The molecule has 0 aliphatic carbocycles. The van der Waals surface area contributed by atoms with Crippen molar-refractivity contribution < 1.29 is 9.59 Å². The average Bonchev–Trinajstić information content (AvgIpc) is 2.47. The Bertz CT molecular complexity index is 547. The molecular weight excluding hydrogens is 294 g/mol. The van der Waals surface area contributed by atoms with Gasteiger partial charge in [0, 0.05) is 11.3 Å². The highest BCUT2D eigenvalue weighted by molar-refractivity contribution is 9.10. The Balaban J connectivity index is 2.60. The smallest absolute Gasteiger partial charge is 0.234 e. The molecule has 96 valence electrons. The van der Waals surface area contributed by atoms with Crippen LogP contribution in [0, 0.1) is 6.92 Å². The van der Waals surface area contributed by atoms with E-state index in [-0.39, 0.29) is 16.5 Å². The number of rotatable bonds is 2. The molecule has 1 aliphatic heterocycles. The lowest BCUT2D eigenvalue weighted by Crippen LogP contribution is -2.27. The van der Waals surface area contributed by atoms with Crippen LogP contribution in [0.3, 0.4) is 0 Å². The molecule has 1 atom stereocenters. The maximum absolute atomic E-state index is 12.1. The average molecular weight is 310 g/mol. The fourth-order valence-corrected chi connectivity index (χ4v) is 2.46. The second-order valence-electron chi connectivity index (χ2n) is 5.27. The van der Waals surface area contributed by atoms with Gasteiger partial charge < -0.3 is 5.32 Å². The minimum atomic E-state index is -0.576. The number of fused-ring (bicyclic) bond motifs is 1. The molecular formula is C14H16BrNO2. The van der Waals surface area contributed by atoms with Crippen LogP contribution in [-0.4, -0.2) is 16.5 Å². The summed E-state index contributed by atoms with van der Waals surface area (Å²) in [5.74, 6) is 0.0267. The van der Waals surface area contributed by atoms with Crippen LogP contribution in [0.25, 0.3) is 0 Å². The number of benzene rings is 1. The normalized spacial score (nSPS) is 18.2. The SMILES string of the molecule is Cc1cc2c(cc1C(=O)C(C)Br)C(C)(C)C(=O)N2. The molecule has 0 saturated carbocycles. The maximum atomic E-state index is 12.1. The van der Waals surface area contributed by atoms with E-state index in [0.717, 1.165) is 16.8 Å². The largest absolute Gasteiger partial charge is 0.325 e. The van der Waals surface area contributed by atoms with Crippen LogP contribution < -0.4 is 5.32 Å². The first-order chi connectivity index (χ1) is 8.25. The van der Waals surface area contributed by atoms with Gasteiger partial charge in [-0.2, -0.15) is 0 Å². The number of hydrogen-bond donors (Lipinski definition) is 1. The highest BCUT2D eigenvalue weighted by Crippen LogP contribution is 2.39. The van der Waals surface area contributed by atoms with Gasteiger partial charge in [-0.15, -0.1) is 0 Å². The molecule has 3 nitrogen and oxygen atoms in total. The van der Waals surface area contributed by atoms with Crippen molar-refractivity contribution in [1.82, 2.24) is 0 Å². The topological polar surface area (TPSA) is 46.2 Å². The van der Waals surface area contributed by atoms with Crippen molar-refractivity contribution in [3.8, 4) is 0 Å². The highest BCUT2D eigenvalue weighted by atomic mass is 79.9. The molecule has 1 amide bonds. The number of carbonyl (C=O) groups is 2. The van der Waals surface area contributed by atoms with Crippen LogP contribution >= 0.6 is 15.9 Å². The Morgan fingerprint density at radius 2 is 2.00 bits per heavy atom. The quantitative estimate of drug-likeness (QED) is 0.673. The molecule has 4 heteroatoms. The fourth-order valence-electron chi connectivity index (χ4n) is 2.21. The van der Waals surface area contributed by atoms with Crippen molar-refractivity contribution >= 4 is 33.3 Å². The Morgan fingerprint density at radius 3 is 2.56 bits per heavy atom. The molecule has 1 N–H and O–H groups in total. The van der Waals surface area contributed by atoms with Crippen molar-refractivity contribution in [2.24, 2.45) is 0 Å². The molecule has 2 rings (SSSR count). The van der Waals surface area contributed by atoms with Gasteiger partial charge in [0.1, 0.15) is 0 Å². The molecule has 0 fully saturated rings. The minimum Gasteiger partial charge on any atom is -0.325 e. The monoisotopic (exact) mass is 309 g/mol. The first-order valence-corrected chi connectivity index (χ1v) is 6.81. The molecule has 1 heterocycles. The Labute approximate surface area is 115 Å². The summed E-state index contributed by atoms with van der Waals surface area (Å²) in [6.07, 6.45) is 0. The Morgan fingerprint density at radius 1 is 1.39 bits per heavy atom. The zero-order valence-electron chi connectivity index (χ0n) is 10.9. The number of carbonyl (C=O) groups excluding carboxylic acids is 2. The first kappa shape index (κ1) is 13.3. The molecule has 18 heavy (non-hydrogen) atoms. The maximum Gasteiger partial charge on any atom is 0.234 e. The number of nitrogens with one attached hydrogen (secondary N) is 1. The lowest BCUT2D eigenvalue weighted by molar-refractivity contribution is -0.119. The predicted octanol–water partition coefficient (Wildman–Crippen LogP) is 3.19. The van der Waals surface area contributed by atoms with Crippen molar-refractivity contribution in [3.05, 3.63) is 28.8 Å². The van der Waals surface area contributed by atoms with Gasteiger partial charge in [-0.3, -0.25) is 9.59 Å². The van der Waals surface area contributed by atoms with Gasteiger partial charge in [0.2, 0.25) is 5.91 Å². The van der Waals surface area contributed by atoms with Gasteiger partial charge >= 0.3 is 0 Å². The molecule has 0 aromatic heterocycles. The number of anilines is 1. The van der Waals surface area contributed by atoms with E-state index >= 15 is 0 Å². The molecule has 0 bridgehead atoms. The third-order valence-electron chi connectivity index (χ3n) is 3.48. The number of halogens is 1. The van der Waals surface area contributed by atoms with E-state index < -0.39 is 5.41 Å². The van der Waals surface area contributed by atoms with Gasteiger partial charge in [-0.25, -0.2) is 0 Å². The summed E-state index contributed by atoms with van der Waals surface area (Å²) in [4.78, 5) is 23.8. The summed E-state index contributed by atoms with van der Waals surface area (Å²) in [6, 6.07) is 3.73. The molecule has 1 aromatic rings. The fraction of sp³-hybridized carbons (Fsp3) is 0.429. The van der Waals surface area contributed by atoms with Crippen LogP contribution in [0.4, 0.5) is 5.69 Å². The number of aryl methyl sites for hydroxylation is 1. The lowest BCUT2D eigenvalue weighted by atomic mass is 9.84. The number of alkyl halides is 1. The van der Waals surface area contributed by atoms with E-state index in [9.17, 15) is 9.59 Å². The standard InChI is InChI=1S/C14H16BrNO2/c1-7-5-11-10(14(3,4)13(18)16-11)6-9(7)12(17)8(2)15/h5-6,8H,1-4H3,(H,16,18). The molecule has 0 saturated heterocycles. The van der Waals surface area contributed by atoms with Gasteiger partial charge in [-0.1, -0.05) is 15.9 Å². The minimum absolute atomic E-state index is 0.0200. The summed E-state index contributed by atoms with van der Waals surface area (Å²) >= 11 is 3.30. The zero-order valence-corrected chi connectivity index (χ0v) is 12.5. The number of ketones is 1. The number of hydrogen-bond acceptors (Lipinski definition) is 2. The van der Waals surface area contributed by atoms with Crippen molar-refractivity contribution in [2.45, 2.75) is 37.9 Å². The van der Waals surface area contributed by atoms with E-state index in [0.29, 0.717) is 5.56 Å². The third kappa shape index (κ3) is 1.88. The summed E-state index contributed by atoms with van der Waals surface area (Å²) in [5, 5.41) is 2.86. The van der Waals surface area contributed by atoms with E-state index in [1.165, 1.54) is 0 Å². The van der Waals surface area contributed by atoms with Crippen LogP contribution in [0.15, 0.2) is 12.1 Å². The molecule has 0 spiro atoms. The van der Waals surface area contributed by atoms with Gasteiger partial charge in [-0.05, 0) is 51.0 Å². The summed E-state index contributed by atoms with van der Waals surface area (Å²) in [6.45, 7) is 7.44. The lowest BCUT2D eigenvalue weighted by Gasteiger charge is -2.17.